The standard InChI is InChI=1S/C17H24ClNO/c1-3-12-4-6-16(11(12)2)19-10-15-9-13-8-14(18)5-7-17(13)20-15/h5,7-8,11-12,15-16,19H,3-4,6,9-10H2,1-2H3. The lowest BCUT2D eigenvalue weighted by Crippen LogP contribution is -2.39. The van der Waals surface area contributed by atoms with Crippen molar-refractivity contribution in [3.05, 3.63) is 28.8 Å². The third-order valence-corrected chi connectivity index (χ3v) is 5.36. The van der Waals surface area contributed by atoms with Gasteiger partial charge in [0.15, 0.2) is 0 Å². The van der Waals surface area contributed by atoms with Crippen molar-refractivity contribution in [2.75, 3.05) is 6.54 Å². The van der Waals surface area contributed by atoms with Gasteiger partial charge in [0.05, 0.1) is 0 Å². The highest BCUT2D eigenvalue weighted by atomic mass is 35.5. The number of hydrogen-bond donors (Lipinski definition) is 1. The molecule has 20 heavy (non-hydrogen) atoms. The van der Waals surface area contributed by atoms with Crippen LogP contribution in [0.2, 0.25) is 5.02 Å². The summed E-state index contributed by atoms with van der Waals surface area (Å²) in [5.74, 6) is 2.69. The first-order valence-corrected chi connectivity index (χ1v) is 8.23. The summed E-state index contributed by atoms with van der Waals surface area (Å²) in [6.07, 6.45) is 5.23. The van der Waals surface area contributed by atoms with E-state index in [0.29, 0.717) is 6.04 Å². The number of benzene rings is 1. The highest BCUT2D eigenvalue weighted by molar-refractivity contribution is 6.30. The summed E-state index contributed by atoms with van der Waals surface area (Å²) < 4.78 is 5.99. The maximum Gasteiger partial charge on any atom is 0.123 e. The molecule has 0 radical (unpaired) electrons. The summed E-state index contributed by atoms with van der Waals surface area (Å²) in [5, 5.41) is 4.53. The smallest absolute Gasteiger partial charge is 0.123 e. The summed E-state index contributed by atoms with van der Waals surface area (Å²) in [5.41, 5.74) is 1.25. The Balaban J connectivity index is 1.52. The molecular weight excluding hydrogens is 270 g/mol. The van der Waals surface area contributed by atoms with Crippen LogP contribution in [-0.2, 0) is 6.42 Å². The molecule has 1 fully saturated rings. The second-order valence-electron chi connectivity index (χ2n) is 6.32. The molecule has 3 rings (SSSR count). The second-order valence-corrected chi connectivity index (χ2v) is 6.75. The predicted octanol–water partition coefficient (Wildman–Crippen LogP) is 4.06. The molecule has 2 aliphatic rings. The fourth-order valence-electron chi connectivity index (χ4n) is 3.80. The molecule has 0 bridgehead atoms. The van der Waals surface area contributed by atoms with Crippen molar-refractivity contribution in [3.8, 4) is 5.75 Å². The quantitative estimate of drug-likeness (QED) is 0.904. The van der Waals surface area contributed by atoms with Crippen molar-refractivity contribution in [1.82, 2.24) is 5.32 Å². The Morgan fingerprint density at radius 3 is 2.95 bits per heavy atom. The zero-order valence-electron chi connectivity index (χ0n) is 12.4. The molecule has 3 heteroatoms. The largest absolute Gasteiger partial charge is 0.488 e. The van der Waals surface area contributed by atoms with Crippen LogP contribution < -0.4 is 10.1 Å². The second kappa shape index (κ2) is 5.95. The normalized spacial score (nSPS) is 32.1. The molecule has 0 saturated heterocycles. The fraction of sp³-hybridized carbons (Fsp3) is 0.647. The van der Waals surface area contributed by atoms with E-state index in [1.165, 1.54) is 24.8 Å². The molecule has 0 amide bonds. The molecular formula is C17H24ClNO. The van der Waals surface area contributed by atoms with E-state index in [4.69, 9.17) is 16.3 Å². The van der Waals surface area contributed by atoms with Gasteiger partial charge in [-0.15, -0.1) is 0 Å². The molecule has 0 aromatic heterocycles. The number of nitrogens with one attached hydrogen (secondary N) is 1. The maximum absolute atomic E-state index is 6.03. The molecule has 4 atom stereocenters. The minimum absolute atomic E-state index is 0.261. The van der Waals surface area contributed by atoms with Gasteiger partial charge < -0.3 is 10.1 Å². The van der Waals surface area contributed by atoms with E-state index < -0.39 is 0 Å². The van der Waals surface area contributed by atoms with Crippen LogP contribution in [0.4, 0.5) is 0 Å². The van der Waals surface area contributed by atoms with Gasteiger partial charge in [0.2, 0.25) is 0 Å². The maximum atomic E-state index is 6.03. The molecule has 110 valence electrons. The van der Waals surface area contributed by atoms with Crippen LogP contribution in [-0.4, -0.2) is 18.7 Å². The van der Waals surface area contributed by atoms with Crippen LogP contribution in [0, 0.1) is 11.8 Å². The Bertz CT molecular complexity index is 476. The van der Waals surface area contributed by atoms with Crippen molar-refractivity contribution in [2.45, 2.75) is 51.7 Å². The number of halogens is 1. The van der Waals surface area contributed by atoms with E-state index >= 15 is 0 Å². The molecule has 0 spiro atoms. The molecule has 1 aliphatic heterocycles. The lowest BCUT2D eigenvalue weighted by molar-refractivity contribution is 0.213. The molecule has 1 aromatic rings. The van der Waals surface area contributed by atoms with E-state index in [2.05, 4.69) is 19.2 Å². The van der Waals surface area contributed by atoms with Gasteiger partial charge in [-0.1, -0.05) is 31.9 Å². The van der Waals surface area contributed by atoms with Gasteiger partial charge in [-0.2, -0.15) is 0 Å². The average molecular weight is 294 g/mol. The zero-order valence-corrected chi connectivity index (χ0v) is 13.1. The van der Waals surface area contributed by atoms with Gasteiger partial charge in [0.25, 0.3) is 0 Å². The number of rotatable bonds is 4. The highest BCUT2D eigenvalue weighted by Crippen LogP contribution is 2.34. The summed E-state index contributed by atoms with van der Waals surface area (Å²) in [6.45, 7) is 5.64. The molecule has 2 nitrogen and oxygen atoms in total. The van der Waals surface area contributed by atoms with Crippen LogP contribution >= 0.6 is 11.6 Å². The van der Waals surface area contributed by atoms with Gasteiger partial charge in [0.1, 0.15) is 11.9 Å². The van der Waals surface area contributed by atoms with Crippen molar-refractivity contribution < 1.29 is 4.74 Å². The van der Waals surface area contributed by atoms with Crippen LogP contribution in [0.5, 0.6) is 5.75 Å². The first kappa shape index (κ1) is 14.2. The molecule has 1 aromatic carbocycles. The molecule has 4 unspecified atom stereocenters. The lowest BCUT2D eigenvalue weighted by Gasteiger charge is -2.22. The van der Waals surface area contributed by atoms with E-state index in [9.17, 15) is 0 Å². The van der Waals surface area contributed by atoms with E-state index in [-0.39, 0.29) is 6.10 Å². The van der Waals surface area contributed by atoms with E-state index in [0.717, 1.165) is 35.6 Å². The fourth-order valence-corrected chi connectivity index (χ4v) is 3.99. The summed E-state index contributed by atoms with van der Waals surface area (Å²) >= 11 is 6.03. The topological polar surface area (TPSA) is 21.3 Å². The summed E-state index contributed by atoms with van der Waals surface area (Å²) in [4.78, 5) is 0. The highest BCUT2D eigenvalue weighted by Gasteiger charge is 2.32. The van der Waals surface area contributed by atoms with Crippen LogP contribution in [0.1, 0.15) is 38.7 Å². The van der Waals surface area contributed by atoms with E-state index in [1.807, 2.05) is 18.2 Å². The van der Waals surface area contributed by atoms with Crippen molar-refractivity contribution in [2.24, 2.45) is 11.8 Å². The SMILES string of the molecule is CCC1CCC(NCC2Cc3cc(Cl)ccc3O2)C1C. The van der Waals surface area contributed by atoms with Crippen LogP contribution in [0.15, 0.2) is 18.2 Å². The van der Waals surface area contributed by atoms with Crippen molar-refractivity contribution >= 4 is 11.6 Å². The zero-order chi connectivity index (χ0) is 14.1. The third-order valence-electron chi connectivity index (χ3n) is 5.12. The Kier molecular flexibility index (Phi) is 4.23. The average Bonchev–Trinajstić information content (AvgIpc) is 2.99. The van der Waals surface area contributed by atoms with Gasteiger partial charge in [0, 0.05) is 24.0 Å². The van der Waals surface area contributed by atoms with Gasteiger partial charge in [-0.3, -0.25) is 0 Å². The van der Waals surface area contributed by atoms with E-state index in [1.54, 1.807) is 0 Å². The molecule has 1 N–H and O–H groups in total. The Morgan fingerprint density at radius 1 is 1.35 bits per heavy atom. The lowest BCUT2D eigenvalue weighted by atomic mass is 9.93. The molecule has 1 heterocycles. The summed E-state index contributed by atoms with van der Waals surface area (Å²) in [6, 6.07) is 6.59. The van der Waals surface area contributed by atoms with Crippen molar-refractivity contribution in [1.29, 1.82) is 0 Å². The Hall–Kier alpha value is -0.730. The van der Waals surface area contributed by atoms with Crippen molar-refractivity contribution in [3.63, 3.8) is 0 Å². The monoisotopic (exact) mass is 293 g/mol. The van der Waals surface area contributed by atoms with Crippen LogP contribution in [0.25, 0.3) is 0 Å². The first-order chi connectivity index (χ1) is 9.67. The third kappa shape index (κ3) is 2.82. The minimum atomic E-state index is 0.261. The number of hydrogen-bond acceptors (Lipinski definition) is 2. The Labute approximate surface area is 126 Å². The Morgan fingerprint density at radius 2 is 2.20 bits per heavy atom. The van der Waals surface area contributed by atoms with Gasteiger partial charge in [-0.05, 0) is 48.4 Å². The number of ether oxygens (including phenoxy) is 1. The summed E-state index contributed by atoms with van der Waals surface area (Å²) in [7, 11) is 0. The molecule has 1 aliphatic carbocycles. The van der Waals surface area contributed by atoms with Crippen LogP contribution in [0.3, 0.4) is 0 Å². The predicted molar refractivity (Wildman–Crippen MR) is 83.5 cm³/mol. The first-order valence-electron chi connectivity index (χ1n) is 7.85. The number of fused-ring (bicyclic) bond motifs is 1. The molecule has 1 saturated carbocycles. The van der Waals surface area contributed by atoms with Gasteiger partial charge >= 0.3 is 0 Å². The van der Waals surface area contributed by atoms with Gasteiger partial charge in [-0.25, -0.2) is 0 Å². The minimum Gasteiger partial charge on any atom is -0.488 e.